The van der Waals surface area contributed by atoms with E-state index in [4.69, 9.17) is 62.7 Å². The highest BCUT2D eigenvalue weighted by Gasteiger charge is 2.54. The molecule has 0 aliphatic rings. The van der Waals surface area contributed by atoms with Gasteiger partial charge in [-0.2, -0.15) is 0 Å². The monoisotopic (exact) mass is 410 g/mol. The molecule has 0 aliphatic heterocycles. The fourth-order valence-corrected chi connectivity index (χ4v) is 3.28. The lowest BCUT2D eigenvalue weighted by atomic mass is 9.87. The number of ether oxygens (including phenoxy) is 1. The van der Waals surface area contributed by atoms with Crippen LogP contribution in [0.2, 0.25) is 10.0 Å². The number of hydrogen-bond donors (Lipinski definition) is 0. The molecular formula is C16H11Cl5O2. The van der Waals surface area contributed by atoms with E-state index in [2.05, 4.69) is 0 Å². The predicted molar refractivity (Wildman–Crippen MR) is 95.7 cm³/mol. The van der Waals surface area contributed by atoms with Gasteiger partial charge in [0.25, 0.3) is 0 Å². The van der Waals surface area contributed by atoms with Gasteiger partial charge in [0.15, 0.2) is 0 Å². The van der Waals surface area contributed by atoms with Crippen molar-refractivity contribution in [1.82, 2.24) is 0 Å². The van der Waals surface area contributed by atoms with E-state index < -0.39 is 15.4 Å². The molecule has 0 N–H and O–H groups in total. The molecule has 2 nitrogen and oxygen atoms in total. The minimum absolute atomic E-state index is 0.472. The molecule has 0 spiro atoms. The highest BCUT2D eigenvalue weighted by Crippen LogP contribution is 2.52. The van der Waals surface area contributed by atoms with Crippen LogP contribution in [0, 0.1) is 0 Å². The van der Waals surface area contributed by atoms with Crippen LogP contribution in [0.25, 0.3) is 0 Å². The second-order valence-electron chi connectivity index (χ2n) is 4.79. The molecule has 2 rings (SSSR count). The largest absolute Gasteiger partial charge is 0.445 e. The van der Waals surface area contributed by atoms with Crippen molar-refractivity contribution in [3.05, 3.63) is 69.7 Å². The van der Waals surface area contributed by atoms with Gasteiger partial charge in [0.05, 0.1) is 0 Å². The van der Waals surface area contributed by atoms with Crippen LogP contribution in [-0.2, 0) is 15.1 Å². The molecule has 0 amide bonds. The second-order valence-corrected chi connectivity index (χ2v) is 7.94. The van der Waals surface area contributed by atoms with Gasteiger partial charge in [0.1, 0.15) is 0 Å². The van der Waals surface area contributed by atoms with Crippen molar-refractivity contribution in [2.24, 2.45) is 0 Å². The van der Waals surface area contributed by atoms with Crippen LogP contribution in [0.3, 0.4) is 0 Å². The maximum Gasteiger partial charge on any atom is 0.304 e. The molecule has 122 valence electrons. The van der Waals surface area contributed by atoms with E-state index in [0.29, 0.717) is 21.2 Å². The first-order chi connectivity index (χ1) is 10.7. The quantitative estimate of drug-likeness (QED) is 0.445. The number of hydrogen-bond acceptors (Lipinski definition) is 2. The van der Waals surface area contributed by atoms with Crippen LogP contribution in [0.15, 0.2) is 48.5 Å². The van der Waals surface area contributed by atoms with Gasteiger partial charge < -0.3 is 4.74 Å². The lowest BCUT2D eigenvalue weighted by Gasteiger charge is -2.39. The topological polar surface area (TPSA) is 26.3 Å². The fraction of sp³-hybridized carbons (Fsp3) is 0.188. The van der Waals surface area contributed by atoms with Crippen molar-refractivity contribution in [1.29, 1.82) is 0 Å². The number of carbonyl (C=O) groups is 1. The Morgan fingerprint density at radius 3 is 1.43 bits per heavy atom. The number of halogens is 5. The molecule has 7 heteroatoms. The first-order valence-corrected chi connectivity index (χ1v) is 8.34. The summed E-state index contributed by atoms with van der Waals surface area (Å²) in [7, 11) is 0. The Bertz CT molecular complexity index is 644. The number of carbonyl (C=O) groups excluding carboxylic acids is 1. The minimum atomic E-state index is -1.97. The molecule has 2 aromatic rings. The molecule has 0 radical (unpaired) electrons. The zero-order valence-electron chi connectivity index (χ0n) is 11.8. The first kappa shape index (κ1) is 18.7. The third-order valence-electron chi connectivity index (χ3n) is 3.20. The molecule has 0 saturated heterocycles. The average molecular weight is 413 g/mol. The number of esters is 1. The Labute approximate surface area is 159 Å². The lowest BCUT2D eigenvalue weighted by molar-refractivity contribution is -0.153. The Morgan fingerprint density at radius 2 is 1.17 bits per heavy atom. The Kier molecular flexibility index (Phi) is 5.76. The number of rotatable bonds is 3. The second kappa shape index (κ2) is 7.08. The summed E-state index contributed by atoms with van der Waals surface area (Å²) in [5, 5.41) is 1.01. The molecule has 2 aromatic carbocycles. The molecule has 0 aliphatic carbocycles. The van der Waals surface area contributed by atoms with Gasteiger partial charge in [-0.3, -0.25) is 4.79 Å². The molecule has 0 saturated carbocycles. The van der Waals surface area contributed by atoms with Crippen LogP contribution < -0.4 is 0 Å². The van der Waals surface area contributed by atoms with E-state index in [0.717, 1.165) is 0 Å². The number of benzene rings is 2. The zero-order chi connectivity index (χ0) is 17.3. The maximum absolute atomic E-state index is 11.7. The Morgan fingerprint density at radius 1 is 0.826 bits per heavy atom. The van der Waals surface area contributed by atoms with Crippen molar-refractivity contribution in [3.8, 4) is 0 Å². The molecule has 0 atom stereocenters. The summed E-state index contributed by atoms with van der Waals surface area (Å²) in [6, 6.07) is 13.1. The van der Waals surface area contributed by atoms with Crippen molar-refractivity contribution in [2.45, 2.75) is 16.3 Å². The highest BCUT2D eigenvalue weighted by atomic mass is 35.6. The summed E-state index contributed by atoms with van der Waals surface area (Å²) < 4.78 is 3.56. The third-order valence-corrected chi connectivity index (χ3v) is 4.50. The van der Waals surface area contributed by atoms with Gasteiger partial charge in [0, 0.05) is 28.1 Å². The van der Waals surface area contributed by atoms with Gasteiger partial charge >= 0.3 is 5.97 Å². The van der Waals surface area contributed by atoms with Gasteiger partial charge in [-0.1, -0.05) is 82.3 Å². The van der Waals surface area contributed by atoms with E-state index in [1.807, 2.05) is 0 Å². The SMILES string of the molecule is CC(=O)OC(c1ccc(Cl)cc1)(c1ccc(Cl)cc1)C(Cl)(Cl)Cl. The summed E-state index contributed by atoms with van der Waals surface area (Å²) in [6.45, 7) is 1.25. The van der Waals surface area contributed by atoms with Crippen LogP contribution in [0.1, 0.15) is 18.1 Å². The van der Waals surface area contributed by atoms with E-state index in [9.17, 15) is 4.79 Å². The standard InChI is InChI=1S/C16H11Cl5O2/c1-10(22)23-15(16(19,20)21,11-2-6-13(17)7-3-11)12-4-8-14(18)9-5-12/h2-9H,1H3. The summed E-state index contributed by atoms with van der Waals surface area (Å²) in [4.78, 5) is 11.7. The normalized spacial score (nSPS) is 12.1. The maximum atomic E-state index is 11.7. The van der Waals surface area contributed by atoms with Gasteiger partial charge in [-0.25, -0.2) is 0 Å². The third kappa shape index (κ3) is 3.89. The molecule has 23 heavy (non-hydrogen) atoms. The van der Waals surface area contributed by atoms with Crippen molar-refractivity contribution in [3.63, 3.8) is 0 Å². The molecule has 0 heterocycles. The van der Waals surface area contributed by atoms with Gasteiger partial charge in [-0.15, -0.1) is 0 Å². The van der Waals surface area contributed by atoms with E-state index >= 15 is 0 Å². The van der Waals surface area contributed by atoms with Crippen LogP contribution in [-0.4, -0.2) is 9.76 Å². The molecule has 0 fully saturated rings. The summed E-state index contributed by atoms with van der Waals surface area (Å²) in [5.74, 6) is -0.596. The minimum Gasteiger partial charge on any atom is -0.445 e. The molecule has 0 bridgehead atoms. The number of alkyl halides is 3. The summed E-state index contributed by atoms with van der Waals surface area (Å²) in [6.07, 6.45) is 0. The van der Waals surface area contributed by atoms with Gasteiger partial charge in [0.2, 0.25) is 9.39 Å². The first-order valence-electron chi connectivity index (χ1n) is 6.45. The van der Waals surface area contributed by atoms with E-state index in [-0.39, 0.29) is 0 Å². The van der Waals surface area contributed by atoms with E-state index in [1.54, 1.807) is 48.5 Å². The van der Waals surface area contributed by atoms with Crippen molar-refractivity contribution in [2.75, 3.05) is 0 Å². The molecule has 0 unspecified atom stereocenters. The smallest absolute Gasteiger partial charge is 0.304 e. The Balaban J connectivity index is 2.76. The summed E-state index contributed by atoms with van der Waals surface area (Å²) >= 11 is 30.6. The van der Waals surface area contributed by atoms with Gasteiger partial charge in [-0.05, 0) is 24.3 Å². The van der Waals surface area contributed by atoms with Crippen LogP contribution in [0.4, 0.5) is 0 Å². The fourth-order valence-electron chi connectivity index (χ4n) is 2.25. The highest BCUT2D eigenvalue weighted by molar-refractivity contribution is 6.68. The predicted octanol–water partition coefficient (Wildman–Crippen LogP) is 6.17. The average Bonchev–Trinajstić information content (AvgIpc) is 2.45. The Hall–Kier alpha value is -0.640. The molecule has 0 aromatic heterocycles. The van der Waals surface area contributed by atoms with Crippen molar-refractivity contribution < 1.29 is 9.53 Å². The van der Waals surface area contributed by atoms with Crippen molar-refractivity contribution >= 4 is 64.0 Å². The van der Waals surface area contributed by atoms with Crippen LogP contribution in [0.5, 0.6) is 0 Å². The summed E-state index contributed by atoms with van der Waals surface area (Å²) in [5.41, 5.74) is -0.697. The zero-order valence-corrected chi connectivity index (χ0v) is 15.6. The lowest BCUT2D eigenvalue weighted by Crippen LogP contribution is -2.45. The molecular weight excluding hydrogens is 401 g/mol. The van der Waals surface area contributed by atoms with E-state index in [1.165, 1.54) is 6.92 Å². The van der Waals surface area contributed by atoms with Crippen LogP contribution >= 0.6 is 58.0 Å².